The highest BCUT2D eigenvalue weighted by atomic mass is 79.9. The first-order valence-corrected chi connectivity index (χ1v) is 7.52. The molecule has 0 spiro atoms. The van der Waals surface area contributed by atoms with Gasteiger partial charge in [0.1, 0.15) is 5.75 Å². The second-order valence-electron chi connectivity index (χ2n) is 4.36. The fourth-order valence-electron chi connectivity index (χ4n) is 1.84. The fourth-order valence-corrected chi connectivity index (χ4v) is 2.07. The number of rotatable bonds is 6. The predicted molar refractivity (Wildman–Crippen MR) is 84.3 cm³/mol. The highest BCUT2D eigenvalue weighted by Gasteiger charge is 2.03. The molecule has 0 saturated carbocycles. The van der Waals surface area contributed by atoms with Gasteiger partial charge in [0.2, 0.25) is 5.91 Å². The lowest BCUT2D eigenvalue weighted by Crippen LogP contribution is -2.10. The Balaban J connectivity index is 2.15. The van der Waals surface area contributed by atoms with Crippen LogP contribution in [0.15, 0.2) is 48.5 Å². The van der Waals surface area contributed by atoms with Gasteiger partial charge < -0.3 is 10.5 Å². The first kappa shape index (κ1) is 14.6. The maximum absolute atomic E-state index is 11.0. The molecule has 0 fully saturated rings. The Hall–Kier alpha value is -1.81. The van der Waals surface area contributed by atoms with Gasteiger partial charge in [0.25, 0.3) is 0 Å². The molecule has 2 aromatic carbocycles. The number of ether oxygens (including phenoxy) is 1. The zero-order chi connectivity index (χ0) is 14.4. The average Bonchev–Trinajstić information content (AvgIpc) is 2.48. The summed E-state index contributed by atoms with van der Waals surface area (Å²) in [6.45, 7) is 0.690. The molecule has 0 bridgehead atoms. The van der Waals surface area contributed by atoms with Gasteiger partial charge in [0, 0.05) is 10.9 Å². The van der Waals surface area contributed by atoms with Gasteiger partial charge >= 0.3 is 0 Å². The molecule has 4 heteroatoms. The number of primary amides is 1. The molecule has 3 nitrogen and oxygen atoms in total. The van der Waals surface area contributed by atoms with Crippen LogP contribution >= 0.6 is 15.9 Å². The van der Waals surface area contributed by atoms with E-state index in [0.717, 1.165) is 28.6 Å². The summed E-state index contributed by atoms with van der Waals surface area (Å²) in [5, 5.41) is 0.932. The molecular weight excluding hydrogens is 318 g/mol. The van der Waals surface area contributed by atoms with Gasteiger partial charge in [0.05, 0.1) is 6.61 Å². The second kappa shape index (κ2) is 7.10. The van der Waals surface area contributed by atoms with Crippen LogP contribution in [0, 0.1) is 0 Å². The molecule has 2 N–H and O–H groups in total. The molecule has 0 saturated heterocycles. The molecule has 0 aliphatic rings. The number of alkyl halides is 1. The van der Waals surface area contributed by atoms with E-state index in [4.69, 9.17) is 10.5 Å². The molecule has 2 aromatic rings. The van der Waals surface area contributed by atoms with Crippen molar-refractivity contribution in [2.45, 2.75) is 6.42 Å². The molecule has 0 radical (unpaired) electrons. The van der Waals surface area contributed by atoms with Crippen molar-refractivity contribution < 1.29 is 9.53 Å². The minimum atomic E-state index is -0.414. The largest absolute Gasteiger partial charge is 0.494 e. The summed E-state index contributed by atoms with van der Waals surface area (Å²) in [5.41, 5.74) is 7.83. The Morgan fingerprint density at radius 2 is 1.85 bits per heavy atom. The van der Waals surface area contributed by atoms with Crippen LogP contribution in [0.25, 0.3) is 11.1 Å². The van der Waals surface area contributed by atoms with Crippen molar-refractivity contribution in [3.05, 3.63) is 54.1 Å². The number of carbonyl (C=O) groups excluding carboxylic acids is 1. The topological polar surface area (TPSA) is 52.3 Å². The van der Waals surface area contributed by atoms with Crippen molar-refractivity contribution in [3.63, 3.8) is 0 Å². The number of benzene rings is 2. The van der Waals surface area contributed by atoms with Crippen molar-refractivity contribution in [1.82, 2.24) is 0 Å². The van der Waals surface area contributed by atoms with Crippen LogP contribution in [0.2, 0.25) is 0 Å². The van der Waals surface area contributed by atoms with E-state index in [2.05, 4.69) is 15.9 Å². The van der Waals surface area contributed by atoms with E-state index in [1.54, 1.807) is 12.1 Å². The summed E-state index contributed by atoms with van der Waals surface area (Å²) in [4.78, 5) is 11.0. The average molecular weight is 334 g/mol. The highest BCUT2D eigenvalue weighted by molar-refractivity contribution is 9.09. The van der Waals surface area contributed by atoms with Gasteiger partial charge in [0.15, 0.2) is 0 Å². The fraction of sp³-hybridized carbons (Fsp3) is 0.188. The summed E-state index contributed by atoms with van der Waals surface area (Å²) in [5.74, 6) is 0.436. The zero-order valence-corrected chi connectivity index (χ0v) is 12.6. The zero-order valence-electron chi connectivity index (χ0n) is 11.0. The third-order valence-corrected chi connectivity index (χ3v) is 3.44. The number of amides is 1. The minimum absolute atomic E-state index is 0.414. The van der Waals surface area contributed by atoms with Gasteiger partial charge in [-0.3, -0.25) is 4.79 Å². The molecular formula is C16H16BrNO2. The molecule has 0 unspecified atom stereocenters. The van der Waals surface area contributed by atoms with E-state index in [1.165, 1.54) is 0 Å². The van der Waals surface area contributed by atoms with Crippen LogP contribution in [0.5, 0.6) is 5.75 Å². The lowest BCUT2D eigenvalue weighted by Gasteiger charge is -2.08. The Labute approximate surface area is 126 Å². The van der Waals surface area contributed by atoms with Gasteiger partial charge in [-0.2, -0.15) is 0 Å². The van der Waals surface area contributed by atoms with Gasteiger partial charge in [-0.1, -0.05) is 40.2 Å². The normalized spacial score (nSPS) is 10.2. The highest BCUT2D eigenvalue weighted by Crippen LogP contribution is 2.24. The molecule has 20 heavy (non-hydrogen) atoms. The van der Waals surface area contributed by atoms with E-state index in [1.807, 2.05) is 36.4 Å². The van der Waals surface area contributed by atoms with Crippen LogP contribution in [-0.2, 0) is 0 Å². The summed E-state index contributed by atoms with van der Waals surface area (Å²) in [7, 11) is 0. The van der Waals surface area contributed by atoms with Crippen LogP contribution in [0.3, 0.4) is 0 Å². The van der Waals surface area contributed by atoms with E-state index in [9.17, 15) is 4.79 Å². The second-order valence-corrected chi connectivity index (χ2v) is 5.15. The number of hydrogen-bond acceptors (Lipinski definition) is 2. The molecule has 0 atom stereocenters. The Morgan fingerprint density at radius 1 is 1.10 bits per heavy atom. The van der Waals surface area contributed by atoms with Gasteiger partial charge in [-0.25, -0.2) is 0 Å². The minimum Gasteiger partial charge on any atom is -0.494 e. The summed E-state index contributed by atoms with van der Waals surface area (Å²) in [6.07, 6.45) is 0.970. The third kappa shape index (κ3) is 3.84. The Kier molecular flexibility index (Phi) is 5.18. The van der Waals surface area contributed by atoms with Crippen molar-refractivity contribution in [1.29, 1.82) is 0 Å². The van der Waals surface area contributed by atoms with E-state index in [-0.39, 0.29) is 0 Å². The van der Waals surface area contributed by atoms with E-state index in [0.29, 0.717) is 12.2 Å². The maximum Gasteiger partial charge on any atom is 0.248 e. The number of carbonyl (C=O) groups is 1. The van der Waals surface area contributed by atoms with Gasteiger partial charge in [-0.15, -0.1) is 0 Å². The molecule has 0 aliphatic carbocycles. The standard InChI is InChI=1S/C16H16BrNO2/c17-9-2-10-20-15-4-1-3-14(11-15)12-5-7-13(8-6-12)16(18)19/h1,3-8,11H,2,9-10H2,(H2,18,19). The van der Waals surface area contributed by atoms with Crippen LogP contribution in [0.4, 0.5) is 0 Å². The van der Waals surface area contributed by atoms with Crippen molar-refractivity contribution in [2.24, 2.45) is 5.73 Å². The van der Waals surface area contributed by atoms with Crippen LogP contribution in [0.1, 0.15) is 16.8 Å². The maximum atomic E-state index is 11.0. The lowest BCUT2D eigenvalue weighted by molar-refractivity contribution is 0.100. The molecule has 1 amide bonds. The first-order chi connectivity index (χ1) is 9.70. The third-order valence-electron chi connectivity index (χ3n) is 2.88. The number of halogens is 1. The number of hydrogen-bond donors (Lipinski definition) is 1. The lowest BCUT2D eigenvalue weighted by atomic mass is 10.0. The summed E-state index contributed by atoms with van der Waals surface area (Å²) < 4.78 is 5.67. The SMILES string of the molecule is NC(=O)c1ccc(-c2cccc(OCCCBr)c2)cc1. The van der Waals surface area contributed by atoms with Crippen molar-refractivity contribution >= 4 is 21.8 Å². The summed E-state index contributed by atoms with van der Waals surface area (Å²) in [6, 6.07) is 15.1. The number of nitrogens with two attached hydrogens (primary N) is 1. The molecule has 0 aliphatic heterocycles. The van der Waals surface area contributed by atoms with E-state index < -0.39 is 5.91 Å². The monoisotopic (exact) mass is 333 g/mol. The van der Waals surface area contributed by atoms with Gasteiger partial charge in [-0.05, 0) is 41.8 Å². The van der Waals surface area contributed by atoms with Crippen LogP contribution in [-0.4, -0.2) is 17.8 Å². The Morgan fingerprint density at radius 3 is 2.50 bits per heavy atom. The molecule has 2 rings (SSSR count). The van der Waals surface area contributed by atoms with Crippen molar-refractivity contribution in [3.8, 4) is 16.9 Å². The molecule has 0 heterocycles. The van der Waals surface area contributed by atoms with Crippen molar-refractivity contribution in [2.75, 3.05) is 11.9 Å². The summed E-state index contributed by atoms with van der Waals surface area (Å²) >= 11 is 3.37. The molecule has 104 valence electrons. The Bertz CT molecular complexity index is 581. The van der Waals surface area contributed by atoms with Crippen LogP contribution < -0.4 is 10.5 Å². The molecule has 0 aromatic heterocycles. The van der Waals surface area contributed by atoms with E-state index >= 15 is 0 Å². The smallest absolute Gasteiger partial charge is 0.248 e. The quantitative estimate of drug-likeness (QED) is 0.648. The predicted octanol–water partition coefficient (Wildman–Crippen LogP) is 3.62. The first-order valence-electron chi connectivity index (χ1n) is 6.40.